The van der Waals surface area contributed by atoms with Gasteiger partial charge in [0, 0.05) is 18.8 Å². The molecular formula is C15H22FNO2S. The van der Waals surface area contributed by atoms with Crippen molar-refractivity contribution in [3.63, 3.8) is 0 Å². The molecule has 1 aliphatic carbocycles. The minimum Gasteiger partial charge on any atom is -0.300 e. The van der Waals surface area contributed by atoms with Crippen LogP contribution < -0.4 is 0 Å². The average molecular weight is 299 g/mol. The summed E-state index contributed by atoms with van der Waals surface area (Å²) in [5.41, 5.74) is 0.999. The Morgan fingerprint density at radius 3 is 2.65 bits per heavy atom. The third kappa shape index (κ3) is 5.59. The van der Waals surface area contributed by atoms with Crippen molar-refractivity contribution in [3.8, 4) is 0 Å². The molecule has 0 bridgehead atoms. The monoisotopic (exact) mass is 299 g/mol. The molecule has 1 aromatic carbocycles. The number of nitrogens with zero attached hydrogens (tertiary/aromatic N) is 1. The molecular weight excluding hydrogens is 277 g/mol. The number of hydrogen-bond acceptors (Lipinski definition) is 3. The lowest BCUT2D eigenvalue weighted by molar-refractivity contribution is 0.267. The predicted octanol–water partition coefficient (Wildman–Crippen LogP) is 2.27. The molecule has 1 saturated carbocycles. The van der Waals surface area contributed by atoms with Gasteiger partial charge in [-0.25, -0.2) is 12.8 Å². The van der Waals surface area contributed by atoms with Gasteiger partial charge in [0.1, 0.15) is 15.7 Å². The molecule has 0 saturated heterocycles. The molecule has 0 heterocycles. The van der Waals surface area contributed by atoms with Crippen LogP contribution in [0.15, 0.2) is 24.3 Å². The molecule has 0 N–H and O–H groups in total. The number of rotatable bonds is 8. The van der Waals surface area contributed by atoms with Gasteiger partial charge in [-0.2, -0.15) is 0 Å². The van der Waals surface area contributed by atoms with Gasteiger partial charge in [-0.1, -0.05) is 12.1 Å². The summed E-state index contributed by atoms with van der Waals surface area (Å²) >= 11 is 0. The maximum Gasteiger partial charge on any atom is 0.147 e. The maximum atomic E-state index is 13.1. The number of sulfone groups is 1. The Kier molecular flexibility index (Phi) is 5.16. The number of hydrogen-bond donors (Lipinski definition) is 0. The summed E-state index contributed by atoms with van der Waals surface area (Å²) in [4.78, 5) is 2.34. The zero-order chi connectivity index (χ0) is 14.6. The van der Waals surface area contributed by atoms with Crippen molar-refractivity contribution in [1.29, 1.82) is 0 Å². The molecule has 0 unspecified atom stereocenters. The highest BCUT2D eigenvalue weighted by atomic mass is 32.2. The third-order valence-electron chi connectivity index (χ3n) is 3.60. The van der Waals surface area contributed by atoms with E-state index in [2.05, 4.69) is 4.90 Å². The van der Waals surface area contributed by atoms with E-state index < -0.39 is 9.84 Å². The van der Waals surface area contributed by atoms with Crippen LogP contribution in [0.4, 0.5) is 4.39 Å². The molecule has 0 aromatic heterocycles. The highest BCUT2D eigenvalue weighted by Gasteiger charge is 2.28. The molecule has 1 aliphatic rings. The fraction of sp³-hybridized carbons (Fsp3) is 0.600. The van der Waals surface area contributed by atoms with Gasteiger partial charge >= 0.3 is 0 Å². The van der Waals surface area contributed by atoms with Crippen LogP contribution in [0, 0.1) is 5.82 Å². The fourth-order valence-electron chi connectivity index (χ4n) is 2.41. The second-order valence-electron chi connectivity index (χ2n) is 5.63. The van der Waals surface area contributed by atoms with Crippen molar-refractivity contribution >= 4 is 9.84 Å². The summed E-state index contributed by atoms with van der Waals surface area (Å²) < 4.78 is 35.4. The lowest BCUT2D eigenvalue weighted by atomic mass is 10.1. The molecule has 0 amide bonds. The minimum absolute atomic E-state index is 0.197. The van der Waals surface area contributed by atoms with E-state index in [1.54, 1.807) is 12.1 Å². The van der Waals surface area contributed by atoms with Crippen molar-refractivity contribution in [3.05, 3.63) is 35.6 Å². The fourth-order valence-corrected chi connectivity index (χ4v) is 3.07. The Bertz CT molecular complexity index is 541. The molecule has 3 nitrogen and oxygen atoms in total. The van der Waals surface area contributed by atoms with E-state index in [-0.39, 0.29) is 11.6 Å². The second-order valence-corrected chi connectivity index (χ2v) is 7.89. The first-order valence-corrected chi connectivity index (χ1v) is 9.16. The maximum absolute atomic E-state index is 13.1. The van der Waals surface area contributed by atoms with Crippen LogP contribution in [0.3, 0.4) is 0 Å². The van der Waals surface area contributed by atoms with Crippen LogP contribution in [0.1, 0.15) is 24.8 Å². The van der Waals surface area contributed by atoms with E-state index in [1.807, 2.05) is 6.07 Å². The highest BCUT2D eigenvalue weighted by Crippen LogP contribution is 2.27. The molecule has 112 valence electrons. The number of halogens is 1. The van der Waals surface area contributed by atoms with Gasteiger partial charge in [0.25, 0.3) is 0 Å². The Hall–Kier alpha value is -0.940. The lowest BCUT2D eigenvalue weighted by Crippen LogP contribution is -2.30. The predicted molar refractivity (Wildman–Crippen MR) is 79.0 cm³/mol. The standard InChI is InChI=1S/C15H22FNO2S/c1-20(18,19)11-3-9-17(15-6-7-15)10-8-13-4-2-5-14(16)12-13/h2,4-5,12,15H,3,6-11H2,1H3. The summed E-state index contributed by atoms with van der Waals surface area (Å²) in [6.07, 6.45) is 5.16. The van der Waals surface area contributed by atoms with Gasteiger partial charge in [-0.05, 0) is 49.9 Å². The largest absolute Gasteiger partial charge is 0.300 e. The summed E-state index contributed by atoms with van der Waals surface area (Å²) in [5, 5.41) is 0. The van der Waals surface area contributed by atoms with Crippen LogP contribution in [-0.4, -0.2) is 44.5 Å². The summed E-state index contributed by atoms with van der Waals surface area (Å²) in [7, 11) is -2.87. The van der Waals surface area contributed by atoms with Crippen molar-refractivity contribution < 1.29 is 12.8 Å². The van der Waals surface area contributed by atoms with Crippen molar-refractivity contribution in [1.82, 2.24) is 4.90 Å². The molecule has 2 rings (SSSR count). The summed E-state index contributed by atoms with van der Waals surface area (Å²) in [6.45, 7) is 1.69. The Balaban J connectivity index is 1.80. The molecule has 20 heavy (non-hydrogen) atoms. The molecule has 5 heteroatoms. The molecule has 1 aromatic rings. The second kappa shape index (κ2) is 6.68. The Morgan fingerprint density at radius 2 is 2.05 bits per heavy atom. The number of benzene rings is 1. The van der Waals surface area contributed by atoms with Crippen molar-refractivity contribution in [2.24, 2.45) is 0 Å². The highest BCUT2D eigenvalue weighted by molar-refractivity contribution is 7.90. The zero-order valence-electron chi connectivity index (χ0n) is 11.9. The van der Waals surface area contributed by atoms with Gasteiger partial charge in [-0.3, -0.25) is 0 Å². The van der Waals surface area contributed by atoms with Crippen LogP contribution in [0.5, 0.6) is 0 Å². The van der Waals surface area contributed by atoms with Gasteiger partial charge in [0.05, 0.1) is 5.75 Å². The van der Waals surface area contributed by atoms with Crippen LogP contribution >= 0.6 is 0 Å². The summed E-state index contributed by atoms with van der Waals surface area (Å²) in [5.74, 6) is 0.0495. The topological polar surface area (TPSA) is 37.4 Å². The van der Waals surface area contributed by atoms with E-state index in [0.29, 0.717) is 12.5 Å². The van der Waals surface area contributed by atoms with Gasteiger partial charge in [0.15, 0.2) is 0 Å². The quantitative estimate of drug-likeness (QED) is 0.739. The molecule has 1 fully saturated rings. The van der Waals surface area contributed by atoms with E-state index >= 15 is 0 Å². The molecule has 0 aliphatic heterocycles. The van der Waals surface area contributed by atoms with Gasteiger partial charge in [-0.15, -0.1) is 0 Å². The molecule has 0 radical (unpaired) electrons. The molecule has 0 atom stereocenters. The SMILES string of the molecule is CS(=O)(=O)CCCN(CCc1cccc(F)c1)C1CC1. The van der Waals surface area contributed by atoms with Gasteiger partial charge in [0.2, 0.25) is 0 Å². The van der Waals surface area contributed by atoms with E-state index in [1.165, 1.54) is 25.2 Å². The zero-order valence-corrected chi connectivity index (χ0v) is 12.7. The average Bonchev–Trinajstić information content (AvgIpc) is 3.16. The summed E-state index contributed by atoms with van der Waals surface area (Å²) in [6, 6.07) is 7.29. The molecule has 0 spiro atoms. The smallest absolute Gasteiger partial charge is 0.147 e. The van der Waals surface area contributed by atoms with E-state index in [0.717, 1.165) is 25.1 Å². The Morgan fingerprint density at radius 1 is 1.30 bits per heavy atom. The first-order valence-electron chi connectivity index (χ1n) is 7.10. The minimum atomic E-state index is -2.87. The van der Waals surface area contributed by atoms with Gasteiger partial charge < -0.3 is 4.90 Å². The van der Waals surface area contributed by atoms with Crippen LogP contribution in [0.2, 0.25) is 0 Å². The Labute approximate surface area is 120 Å². The first-order chi connectivity index (χ1) is 9.44. The van der Waals surface area contributed by atoms with Crippen molar-refractivity contribution in [2.75, 3.05) is 25.1 Å². The van der Waals surface area contributed by atoms with E-state index in [4.69, 9.17) is 0 Å². The van der Waals surface area contributed by atoms with Crippen LogP contribution in [0.25, 0.3) is 0 Å². The normalized spacial score (nSPS) is 15.8. The van der Waals surface area contributed by atoms with Crippen LogP contribution in [-0.2, 0) is 16.3 Å². The lowest BCUT2D eigenvalue weighted by Gasteiger charge is -2.21. The van der Waals surface area contributed by atoms with Crippen molar-refractivity contribution in [2.45, 2.75) is 31.7 Å². The first kappa shape index (κ1) is 15.4. The third-order valence-corrected chi connectivity index (χ3v) is 4.63. The van der Waals surface area contributed by atoms with E-state index in [9.17, 15) is 12.8 Å².